The standard InChI is InChI=1S/C11H22N2O/c12-11-3-1-2-10(11)7-13-5-4-9(6-13)8-14/h9-11,14H,1-8,12H2. The molecule has 1 aliphatic carbocycles. The smallest absolute Gasteiger partial charge is 0.0471 e. The molecule has 1 saturated heterocycles. The summed E-state index contributed by atoms with van der Waals surface area (Å²) >= 11 is 0. The molecule has 14 heavy (non-hydrogen) atoms. The molecule has 0 bridgehead atoms. The van der Waals surface area contributed by atoms with Crippen LogP contribution in [0.2, 0.25) is 0 Å². The molecule has 3 atom stereocenters. The second-order valence-electron chi connectivity index (χ2n) is 4.95. The minimum atomic E-state index is 0.354. The summed E-state index contributed by atoms with van der Waals surface area (Å²) in [6, 6.07) is 0.433. The summed E-state index contributed by atoms with van der Waals surface area (Å²) < 4.78 is 0. The van der Waals surface area contributed by atoms with Gasteiger partial charge in [-0.2, -0.15) is 0 Å². The first-order chi connectivity index (χ1) is 6.79. The highest BCUT2D eigenvalue weighted by molar-refractivity contribution is 4.85. The number of aliphatic hydroxyl groups excluding tert-OH is 1. The van der Waals surface area contributed by atoms with Crippen molar-refractivity contribution in [3.05, 3.63) is 0 Å². The molecular formula is C11H22N2O. The molecule has 3 N–H and O–H groups in total. The third kappa shape index (κ3) is 2.27. The van der Waals surface area contributed by atoms with Gasteiger partial charge in [0.2, 0.25) is 0 Å². The van der Waals surface area contributed by atoms with Crippen molar-refractivity contribution in [1.29, 1.82) is 0 Å². The quantitative estimate of drug-likeness (QED) is 0.691. The predicted octanol–water partition coefficient (Wildman–Crippen LogP) is 0.428. The number of nitrogens with two attached hydrogens (primary N) is 1. The van der Waals surface area contributed by atoms with Gasteiger partial charge in [0.15, 0.2) is 0 Å². The summed E-state index contributed by atoms with van der Waals surface area (Å²) in [4.78, 5) is 2.48. The zero-order valence-corrected chi connectivity index (χ0v) is 8.86. The summed E-state index contributed by atoms with van der Waals surface area (Å²) in [7, 11) is 0. The molecule has 1 heterocycles. The maximum atomic E-state index is 9.05. The van der Waals surface area contributed by atoms with Crippen LogP contribution in [-0.2, 0) is 0 Å². The summed E-state index contributed by atoms with van der Waals surface area (Å²) in [5.41, 5.74) is 6.05. The van der Waals surface area contributed by atoms with E-state index in [1.807, 2.05) is 0 Å². The molecular weight excluding hydrogens is 176 g/mol. The molecule has 0 aromatic heterocycles. The Balaban J connectivity index is 1.75. The fraction of sp³-hybridized carbons (Fsp3) is 1.00. The molecule has 82 valence electrons. The average molecular weight is 198 g/mol. The maximum absolute atomic E-state index is 9.05. The SMILES string of the molecule is NC1CCCC1CN1CCC(CO)C1. The van der Waals surface area contributed by atoms with Crippen LogP contribution in [0, 0.1) is 11.8 Å². The minimum absolute atomic E-state index is 0.354. The van der Waals surface area contributed by atoms with E-state index in [0.29, 0.717) is 24.5 Å². The molecule has 0 amide bonds. The van der Waals surface area contributed by atoms with Gasteiger partial charge in [-0.3, -0.25) is 0 Å². The molecule has 0 aromatic rings. The van der Waals surface area contributed by atoms with Gasteiger partial charge >= 0.3 is 0 Å². The van der Waals surface area contributed by atoms with Crippen LogP contribution in [0.15, 0.2) is 0 Å². The number of nitrogens with zero attached hydrogens (tertiary/aromatic N) is 1. The maximum Gasteiger partial charge on any atom is 0.0471 e. The van der Waals surface area contributed by atoms with E-state index in [1.165, 1.54) is 25.7 Å². The first-order valence-corrected chi connectivity index (χ1v) is 5.88. The van der Waals surface area contributed by atoms with Crippen molar-refractivity contribution < 1.29 is 5.11 Å². The molecule has 3 nitrogen and oxygen atoms in total. The van der Waals surface area contributed by atoms with Crippen molar-refractivity contribution in [2.75, 3.05) is 26.2 Å². The fourth-order valence-electron chi connectivity index (χ4n) is 2.85. The normalized spacial score (nSPS) is 39.4. The Morgan fingerprint density at radius 1 is 1.29 bits per heavy atom. The summed E-state index contributed by atoms with van der Waals surface area (Å²) in [6.45, 7) is 3.76. The highest BCUT2D eigenvalue weighted by Gasteiger charge is 2.29. The molecule has 3 unspecified atom stereocenters. The zero-order valence-electron chi connectivity index (χ0n) is 8.86. The van der Waals surface area contributed by atoms with Crippen molar-refractivity contribution in [1.82, 2.24) is 4.90 Å². The van der Waals surface area contributed by atoms with Crippen LogP contribution in [0.4, 0.5) is 0 Å². The van der Waals surface area contributed by atoms with Crippen LogP contribution < -0.4 is 5.73 Å². The van der Waals surface area contributed by atoms with Gasteiger partial charge in [-0.15, -0.1) is 0 Å². The Hall–Kier alpha value is -0.120. The molecule has 2 aliphatic rings. The minimum Gasteiger partial charge on any atom is -0.396 e. The lowest BCUT2D eigenvalue weighted by atomic mass is 10.0. The van der Waals surface area contributed by atoms with Gasteiger partial charge in [-0.25, -0.2) is 0 Å². The Kier molecular flexibility index (Phi) is 3.42. The fourth-order valence-corrected chi connectivity index (χ4v) is 2.85. The molecule has 1 aliphatic heterocycles. The van der Waals surface area contributed by atoms with Crippen molar-refractivity contribution in [3.63, 3.8) is 0 Å². The van der Waals surface area contributed by atoms with Crippen LogP contribution in [0.1, 0.15) is 25.7 Å². The van der Waals surface area contributed by atoms with Gasteiger partial charge in [0, 0.05) is 25.7 Å². The predicted molar refractivity (Wildman–Crippen MR) is 56.9 cm³/mol. The highest BCUT2D eigenvalue weighted by atomic mass is 16.3. The molecule has 0 radical (unpaired) electrons. The Labute approximate surface area is 86.3 Å². The second kappa shape index (κ2) is 4.60. The first kappa shape index (κ1) is 10.4. The van der Waals surface area contributed by atoms with Crippen LogP contribution in [-0.4, -0.2) is 42.3 Å². The van der Waals surface area contributed by atoms with Crippen molar-refractivity contribution in [2.45, 2.75) is 31.7 Å². The van der Waals surface area contributed by atoms with Crippen molar-refractivity contribution in [3.8, 4) is 0 Å². The second-order valence-corrected chi connectivity index (χ2v) is 4.95. The topological polar surface area (TPSA) is 49.5 Å². The van der Waals surface area contributed by atoms with Gasteiger partial charge in [0.25, 0.3) is 0 Å². The van der Waals surface area contributed by atoms with E-state index < -0.39 is 0 Å². The zero-order chi connectivity index (χ0) is 9.97. The average Bonchev–Trinajstić information content (AvgIpc) is 2.77. The summed E-state index contributed by atoms with van der Waals surface area (Å²) in [5.74, 6) is 1.24. The summed E-state index contributed by atoms with van der Waals surface area (Å²) in [6.07, 6.45) is 4.99. The Bertz CT molecular complexity index is 186. The number of hydrogen-bond donors (Lipinski definition) is 2. The van der Waals surface area contributed by atoms with E-state index in [9.17, 15) is 0 Å². The van der Waals surface area contributed by atoms with E-state index in [0.717, 1.165) is 19.6 Å². The van der Waals surface area contributed by atoms with Crippen LogP contribution in [0.5, 0.6) is 0 Å². The molecule has 1 saturated carbocycles. The van der Waals surface area contributed by atoms with E-state index in [1.54, 1.807) is 0 Å². The van der Waals surface area contributed by atoms with E-state index >= 15 is 0 Å². The number of likely N-dealkylation sites (tertiary alicyclic amines) is 1. The van der Waals surface area contributed by atoms with E-state index in [4.69, 9.17) is 10.8 Å². The molecule has 0 spiro atoms. The lowest BCUT2D eigenvalue weighted by Crippen LogP contribution is -2.35. The largest absolute Gasteiger partial charge is 0.396 e. The van der Waals surface area contributed by atoms with E-state index in [2.05, 4.69) is 4.90 Å². The van der Waals surface area contributed by atoms with Crippen LogP contribution in [0.25, 0.3) is 0 Å². The van der Waals surface area contributed by atoms with Gasteiger partial charge in [0.1, 0.15) is 0 Å². The third-order valence-electron chi connectivity index (χ3n) is 3.84. The highest BCUT2D eigenvalue weighted by Crippen LogP contribution is 2.26. The third-order valence-corrected chi connectivity index (χ3v) is 3.84. The number of hydrogen-bond acceptors (Lipinski definition) is 3. The lowest BCUT2D eigenvalue weighted by molar-refractivity contribution is 0.210. The van der Waals surface area contributed by atoms with Crippen LogP contribution >= 0.6 is 0 Å². The van der Waals surface area contributed by atoms with Gasteiger partial charge in [0.05, 0.1) is 0 Å². The molecule has 2 fully saturated rings. The molecule has 3 heteroatoms. The first-order valence-electron chi connectivity index (χ1n) is 5.88. The van der Waals surface area contributed by atoms with Gasteiger partial charge < -0.3 is 15.7 Å². The monoisotopic (exact) mass is 198 g/mol. The van der Waals surface area contributed by atoms with Crippen molar-refractivity contribution >= 4 is 0 Å². The van der Waals surface area contributed by atoms with E-state index in [-0.39, 0.29) is 0 Å². The van der Waals surface area contributed by atoms with Crippen molar-refractivity contribution in [2.24, 2.45) is 17.6 Å². The molecule has 2 rings (SSSR count). The Morgan fingerprint density at radius 2 is 2.14 bits per heavy atom. The van der Waals surface area contributed by atoms with Crippen LogP contribution in [0.3, 0.4) is 0 Å². The summed E-state index contributed by atoms with van der Waals surface area (Å²) in [5, 5.41) is 9.05. The number of rotatable bonds is 3. The number of aliphatic hydroxyl groups is 1. The molecule has 0 aromatic carbocycles. The van der Waals surface area contributed by atoms with Gasteiger partial charge in [-0.05, 0) is 37.6 Å². The lowest BCUT2D eigenvalue weighted by Gasteiger charge is -2.23. The Morgan fingerprint density at radius 3 is 2.71 bits per heavy atom. The van der Waals surface area contributed by atoms with Gasteiger partial charge in [-0.1, -0.05) is 6.42 Å².